The van der Waals surface area contributed by atoms with Crippen LogP contribution in [0.4, 0.5) is 13.2 Å². The van der Waals surface area contributed by atoms with Gasteiger partial charge >= 0.3 is 6.36 Å². The molecule has 0 atom stereocenters. The first-order valence-electron chi connectivity index (χ1n) is 6.11. The predicted octanol–water partition coefficient (Wildman–Crippen LogP) is 3.86. The SMILES string of the molecule is Cc1[nH]c2ccc(OC(F)(F)F)cc2c(=O)c1C(C)C. The van der Waals surface area contributed by atoms with E-state index in [0.29, 0.717) is 11.1 Å². The van der Waals surface area contributed by atoms with Crippen LogP contribution in [0, 0.1) is 6.92 Å². The lowest BCUT2D eigenvalue weighted by molar-refractivity contribution is -0.274. The second-order valence-electron chi connectivity index (χ2n) is 4.90. The van der Waals surface area contributed by atoms with Crippen LogP contribution in [0.25, 0.3) is 10.9 Å². The first-order valence-corrected chi connectivity index (χ1v) is 6.11. The van der Waals surface area contributed by atoms with Crippen molar-refractivity contribution in [3.05, 3.63) is 39.7 Å². The van der Waals surface area contributed by atoms with Crippen LogP contribution in [-0.4, -0.2) is 11.3 Å². The van der Waals surface area contributed by atoms with Crippen molar-refractivity contribution in [2.24, 2.45) is 0 Å². The second-order valence-corrected chi connectivity index (χ2v) is 4.90. The number of alkyl halides is 3. The molecular weight excluding hydrogens is 271 g/mol. The van der Waals surface area contributed by atoms with Crippen molar-refractivity contribution in [2.45, 2.75) is 33.1 Å². The molecule has 1 aromatic heterocycles. The summed E-state index contributed by atoms with van der Waals surface area (Å²) in [6.45, 7) is 5.50. The van der Waals surface area contributed by atoms with E-state index < -0.39 is 12.1 Å². The van der Waals surface area contributed by atoms with Crippen LogP contribution in [0.3, 0.4) is 0 Å². The van der Waals surface area contributed by atoms with Gasteiger partial charge in [-0.3, -0.25) is 4.79 Å². The van der Waals surface area contributed by atoms with Gasteiger partial charge in [-0.25, -0.2) is 0 Å². The zero-order valence-electron chi connectivity index (χ0n) is 11.3. The summed E-state index contributed by atoms with van der Waals surface area (Å²) in [4.78, 5) is 15.4. The number of aryl methyl sites for hydroxylation is 1. The summed E-state index contributed by atoms with van der Waals surface area (Å²) >= 11 is 0. The summed E-state index contributed by atoms with van der Waals surface area (Å²) in [5.41, 5.74) is 1.52. The Balaban J connectivity index is 2.65. The number of aromatic amines is 1. The quantitative estimate of drug-likeness (QED) is 0.910. The van der Waals surface area contributed by atoms with Crippen molar-refractivity contribution in [1.82, 2.24) is 4.98 Å². The molecule has 0 bridgehead atoms. The van der Waals surface area contributed by atoms with Crippen LogP contribution < -0.4 is 10.2 Å². The smallest absolute Gasteiger partial charge is 0.406 e. The number of rotatable bonds is 2. The summed E-state index contributed by atoms with van der Waals surface area (Å²) in [7, 11) is 0. The highest BCUT2D eigenvalue weighted by Gasteiger charge is 2.31. The van der Waals surface area contributed by atoms with Crippen LogP contribution in [0.2, 0.25) is 0 Å². The molecular formula is C14H14F3NO2. The van der Waals surface area contributed by atoms with E-state index in [-0.39, 0.29) is 16.7 Å². The van der Waals surface area contributed by atoms with Crippen LogP contribution in [0.15, 0.2) is 23.0 Å². The summed E-state index contributed by atoms with van der Waals surface area (Å²) in [6.07, 6.45) is -4.77. The minimum atomic E-state index is -4.77. The highest BCUT2D eigenvalue weighted by molar-refractivity contribution is 5.81. The minimum Gasteiger partial charge on any atom is -0.406 e. The van der Waals surface area contributed by atoms with Gasteiger partial charge in [-0.2, -0.15) is 0 Å². The van der Waals surface area contributed by atoms with Crippen molar-refractivity contribution in [3.8, 4) is 5.75 Å². The molecule has 0 spiro atoms. The molecule has 0 radical (unpaired) electrons. The number of hydrogen-bond acceptors (Lipinski definition) is 2. The Kier molecular flexibility index (Phi) is 3.50. The molecule has 0 unspecified atom stereocenters. The Hall–Kier alpha value is -1.98. The number of benzene rings is 1. The maximum Gasteiger partial charge on any atom is 0.573 e. The number of H-pyrrole nitrogens is 1. The number of nitrogens with one attached hydrogen (secondary N) is 1. The van der Waals surface area contributed by atoms with E-state index in [1.54, 1.807) is 6.92 Å². The number of ether oxygens (including phenoxy) is 1. The first-order chi connectivity index (χ1) is 9.19. The van der Waals surface area contributed by atoms with Crippen LogP contribution in [0.1, 0.15) is 31.0 Å². The number of hydrogen-bond donors (Lipinski definition) is 1. The summed E-state index contributed by atoms with van der Waals surface area (Å²) < 4.78 is 40.5. The van der Waals surface area contributed by atoms with Gasteiger partial charge in [-0.15, -0.1) is 13.2 Å². The van der Waals surface area contributed by atoms with Crippen molar-refractivity contribution in [1.29, 1.82) is 0 Å². The molecule has 1 aromatic carbocycles. The van der Waals surface area contributed by atoms with Crippen molar-refractivity contribution in [2.75, 3.05) is 0 Å². The molecule has 0 aliphatic heterocycles. The van der Waals surface area contributed by atoms with E-state index in [2.05, 4.69) is 9.72 Å². The fraction of sp³-hybridized carbons (Fsp3) is 0.357. The molecule has 0 saturated heterocycles. The van der Waals surface area contributed by atoms with E-state index >= 15 is 0 Å². The molecule has 0 fully saturated rings. The molecule has 0 amide bonds. The largest absolute Gasteiger partial charge is 0.573 e. The Bertz CT molecular complexity index is 702. The molecule has 1 heterocycles. The van der Waals surface area contributed by atoms with Gasteiger partial charge in [0.25, 0.3) is 0 Å². The molecule has 0 aliphatic carbocycles. The van der Waals surface area contributed by atoms with Gasteiger partial charge in [0.1, 0.15) is 5.75 Å². The van der Waals surface area contributed by atoms with Crippen LogP contribution in [0.5, 0.6) is 5.75 Å². The molecule has 2 aromatic rings. The van der Waals surface area contributed by atoms with E-state index in [1.807, 2.05) is 13.8 Å². The lowest BCUT2D eigenvalue weighted by atomic mass is 9.99. The van der Waals surface area contributed by atoms with E-state index in [0.717, 1.165) is 11.8 Å². The third-order valence-corrected chi connectivity index (χ3v) is 3.02. The summed E-state index contributed by atoms with van der Waals surface area (Å²) in [6, 6.07) is 3.71. The molecule has 3 nitrogen and oxygen atoms in total. The predicted molar refractivity (Wildman–Crippen MR) is 70.1 cm³/mol. The Morgan fingerprint density at radius 2 is 1.90 bits per heavy atom. The fourth-order valence-electron chi connectivity index (χ4n) is 2.30. The van der Waals surface area contributed by atoms with Crippen molar-refractivity contribution >= 4 is 10.9 Å². The summed E-state index contributed by atoms with van der Waals surface area (Å²) in [5, 5.41) is 0.195. The van der Waals surface area contributed by atoms with Crippen molar-refractivity contribution in [3.63, 3.8) is 0 Å². The topological polar surface area (TPSA) is 42.1 Å². The van der Waals surface area contributed by atoms with Crippen LogP contribution >= 0.6 is 0 Å². The molecule has 2 rings (SSSR count). The number of aromatic nitrogens is 1. The van der Waals surface area contributed by atoms with E-state index in [1.165, 1.54) is 12.1 Å². The Labute approximate surface area is 113 Å². The molecule has 6 heteroatoms. The van der Waals surface area contributed by atoms with Gasteiger partial charge in [0.2, 0.25) is 0 Å². The molecule has 0 saturated carbocycles. The zero-order chi connectivity index (χ0) is 15.1. The highest BCUT2D eigenvalue weighted by Crippen LogP contribution is 2.26. The van der Waals surface area contributed by atoms with Gasteiger partial charge in [-0.05, 0) is 31.0 Å². The number of fused-ring (bicyclic) bond motifs is 1. The van der Waals surface area contributed by atoms with Gasteiger partial charge in [-0.1, -0.05) is 13.8 Å². The van der Waals surface area contributed by atoms with Gasteiger partial charge in [0.05, 0.1) is 0 Å². The maximum atomic E-state index is 12.4. The van der Waals surface area contributed by atoms with Crippen molar-refractivity contribution < 1.29 is 17.9 Å². The van der Waals surface area contributed by atoms with Gasteiger partial charge in [0, 0.05) is 22.2 Å². The summed E-state index contributed by atoms with van der Waals surface area (Å²) in [5.74, 6) is -0.413. The lowest BCUT2D eigenvalue weighted by Gasteiger charge is -2.13. The lowest BCUT2D eigenvalue weighted by Crippen LogP contribution is -2.18. The van der Waals surface area contributed by atoms with E-state index in [9.17, 15) is 18.0 Å². The molecule has 1 N–H and O–H groups in total. The Morgan fingerprint density at radius 3 is 2.45 bits per heavy atom. The van der Waals surface area contributed by atoms with E-state index in [4.69, 9.17) is 0 Å². The highest BCUT2D eigenvalue weighted by atomic mass is 19.4. The third-order valence-electron chi connectivity index (χ3n) is 3.02. The number of halogens is 3. The monoisotopic (exact) mass is 285 g/mol. The van der Waals surface area contributed by atoms with Gasteiger partial charge < -0.3 is 9.72 Å². The molecule has 108 valence electrons. The average Bonchev–Trinajstić information content (AvgIpc) is 2.27. The minimum absolute atomic E-state index is 0.0182. The first kappa shape index (κ1) is 14.4. The standard InChI is InChI=1S/C14H14F3NO2/c1-7(2)12-8(3)18-11-5-4-9(20-14(15,16)17)6-10(11)13(12)19/h4-7H,1-3H3,(H,18,19). The average molecular weight is 285 g/mol. The number of pyridine rings is 1. The second kappa shape index (κ2) is 4.85. The third kappa shape index (κ3) is 2.79. The van der Waals surface area contributed by atoms with Crippen LogP contribution in [-0.2, 0) is 0 Å². The molecule has 0 aliphatic rings. The Morgan fingerprint density at radius 1 is 1.25 bits per heavy atom. The maximum absolute atomic E-state index is 12.4. The normalized spacial score (nSPS) is 12.2. The zero-order valence-corrected chi connectivity index (χ0v) is 11.3. The molecule has 20 heavy (non-hydrogen) atoms. The fourth-order valence-corrected chi connectivity index (χ4v) is 2.30. The van der Waals surface area contributed by atoms with Gasteiger partial charge in [0.15, 0.2) is 5.43 Å².